The van der Waals surface area contributed by atoms with Gasteiger partial charge in [-0.15, -0.1) is 0 Å². The Labute approximate surface area is 153 Å². The predicted octanol–water partition coefficient (Wildman–Crippen LogP) is 3.47. The number of ether oxygens (including phenoxy) is 2. The molecule has 7 heteroatoms. The van der Waals surface area contributed by atoms with Crippen molar-refractivity contribution in [2.24, 2.45) is 12.0 Å². The zero-order valence-corrected chi connectivity index (χ0v) is 15.2. The van der Waals surface area contributed by atoms with Crippen LogP contribution in [0.5, 0.6) is 11.5 Å². The Kier molecular flexibility index (Phi) is 4.01. The highest BCUT2D eigenvalue weighted by Crippen LogP contribution is 2.31. The molecule has 1 aliphatic rings. The molecule has 0 radical (unpaired) electrons. The van der Waals surface area contributed by atoms with Gasteiger partial charge in [0, 0.05) is 7.05 Å². The molecule has 25 heavy (non-hydrogen) atoms. The number of fused-ring (bicyclic) bond motifs is 2. The van der Waals surface area contributed by atoms with Gasteiger partial charge in [0.2, 0.25) is 6.10 Å². The van der Waals surface area contributed by atoms with Crippen molar-refractivity contribution in [1.29, 1.82) is 0 Å². The van der Waals surface area contributed by atoms with E-state index in [9.17, 15) is 4.79 Å². The molecule has 5 nitrogen and oxygen atoms in total. The summed E-state index contributed by atoms with van der Waals surface area (Å²) < 4.78 is 14.1. The number of halogens is 1. The largest absolute Gasteiger partial charge is 0.485 e. The van der Waals surface area contributed by atoms with Crippen LogP contribution in [0.15, 0.2) is 41.4 Å². The van der Waals surface area contributed by atoms with E-state index in [1.807, 2.05) is 48.9 Å². The summed E-state index contributed by atoms with van der Waals surface area (Å²) >= 11 is 7.67. The second-order valence-corrected chi connectivity index (χ2v) is 7.18. The normalized spacial score (nSPS) is 17.1. The molecular formula is C18H15ClN2O3S. The van der Waals surface area contributed by atoms with E-state index in [0.29, 0.717) is 21.3 Å². The van der Waals surface area contributed by atoms with Crippen molar-refractivity contribution in [3.8, 4) is 11.5 Å². The maximum atomic E-state index is 12.6. The number of para-hydroxylation sites is 2. The quantitative estimate of drug-likeness (QED) is 0.655. The van der Waals surface area contributed by atoms with Crippen LogP contribution in [-0.2, 0) is 11.8 Å². The van der Waals surface area contributed by atoms with E-state index in [1.165, 1.54) is 11.3 Å². The monoisotopic (exact) mass is 374 g/mol. The number of aromatic nitrogens is 1. The third-order valence-corrected chi connectivity index (χ3v) is 5.68. The van der Waals surface area contributed by atoms with Crippen LogP contribution in [0.1, 0.15) is 5.56 Å². The number of thiazole rings is 1. The Morgan fingerprint density at radius 1 is 1.28 bits per heavy atom. The van der Waals surface area contributed by atoms with Crippen molar-refractivity contribution in [2.75, 3.05) is 6.61 Å². The van der Waals surface area contributed by atoms with Gasteiger partial charge in [-0.05, 0) is 30.7 Å². The second kappa shape index (κ2) is 6.20. The van der Waals surface area contributed by atoms with Gasteiger partial charge in [0.1, 0.15) is 6.61 Å². The van der Waals surface area contributed by atoms with Gasteiger partial charge < -0.3 is 14.0 Å². The van der Waals surface area contributed by atoms with Gasteiger partial charge in [-0.2, -0.15) is 4.99 Å². The lowest BCUT2D eigenvalue weighted by molar-refractivity contribution is -0.127. The highest BCUT2D eigenvalue weighted by atomic mass is 35.5. The fourth-order valence-electron chi connectivity index (χ4n) is 2.82. The van der Waals surface area contributed by atoms with Crippen LogP contribution >= 0.6 is 22.9 Å². The molecule has 0 saturated carbocycles. The van der Waals surface area contributed by atoms with Gasteiger partial charge in [0.15, 0.2) is 16.3 Å². The van der Waals surface area contributed by atoms with E-state index in [0.717, 1.165) is 15.8 Å². The van der Waals surface area contributed by atoms with Gasteiger partial charge in [0.05, 0.1) is 15.2 Å². The van der Waals surface area contributed by atoms with Gasteiger partial charge >= 0.3 is 0 Å². The predicted molar refractivity (Wildman–Crippen MR) is 97.5 cm³/mol. The molecule has 0 N–H and O–H groups in total. The average Bonchev–Trinajstić information content (AvgIpc) is 2.95. The van der Waals surface area contributed by atoms with Crippen LogP contribution in [0, 0.1) is 6.92 Å². The second-order valence-electron chi connectivity index (χ2n) is 5.80. The average molecular weight is 375 g/mol. The number of hydrogen-bond acceptors (Lipinski definition) is 4. The number of carbonyl (C=O) groups is 1. The molecule has 1 aliphatic heterocycles. The Morgan fingerprint density at radius 2 is 2.04 bits per heavy atom. The third kappa shape index (κ3) is 2.81. The minimum absolute atomic E-state index is 0.147. The molecule has 0 aliphatic carbocycles. The number of benzene rings is 2. The van der Waals surface area contributed by atoms with E-state index in [1.54, 1.807) is 6.07 Å². The Hall–Kier alpha value is -2.31. The molecule has 2 heterocycles. The number of hydrogen-bond donors (Lipinski definition) is 0. The van der Waals surface area contributed by atoms with Crippen molar-refractivity contribution in [2.45, 2.75) is 13.0 Å². The molecule has 0 spiro atoms. The summed E-state index contributed by atoms with van der Waals surface area (Å²) in [6.45, 7) is 2.15. The zero-order chi connectivity index (χ0) is 17.6. The number of nitrogens with zero attached hydrogens (tertiary/aromatic N) is 2. The van der Waals surface area contributed by atoms with Gasteiger partial charge in [-0.3, -0.25) is 4.79 Å². The van der Waals surface area contributed by atoms with Crippen molar-refractivity contribution in [1.82, 2.24) is 4.57 Å². The number of aryl methyl sites for hydroxylation is 2. The highest BCUT2D eigenvalue weighted by molar-refractivity contribution is 7.17. The summed E-state index contributed by atoms with van der Waals surface area (Å²) in [6, 6.07) is 11.1. The maximum absolute atomic E-state index is 12.6. The van der Waals surface area contributed by atoms with Gasteiger partial charge in [-0.25, -0.2) is 0 Å². The van der Waals surface area contributed by atoms with E-state index in [2.05, 4.69) is 4.99 Å². The molecule has 0 bridgehead atoms. The molecule has 1 unspecified atom stereocenters. The molecule has 2 aromatic carbocycles. The molecule has 0 fully saturated rings. The summed E-state index contributed by atoms with van der Waals surface area (Å²) in [5, 5.41) is 0.654. The maximum Gasteiger partial charge on any atom is 0.292 e. The molecule has 1 amide bonds. The minimum Gasteiger partial charge on any atom is -0.485 e. The number of carbonyl (C=O) groups excluding carboxylic acids is 1. The van der Waals surface area contributed by atoms with Crippen molar-refractivity contribution in [3.63, 3.8) is 0 Å². The molecule has 0 saturated heterocycles. The first-order valence-electron chi connectivity index (χ1n) is 7.76. The standard InChI is InChI=1S/C18H15ClN2O3S/c1-10-7-8-11(19)16-15(10)21(2)18(25-16)20-17(22)14-9-23-12-5-3-4-6-13(12)24-14/h3-8,14H,9H2,1-2H3. The molecule has 1 atom stereocenters. The van der Waals surface area contributed by atoms with E-state index in [4.69, 9.17) is 21.1 Å². The minimum atomic E-state index is -0.753. The summed E-state index contributed by atoms with van der Waals surface area (Å²) in [6.07, 6.45) is -0.753. The SMILES string of the molecule is Cc1ccc(Cl)c2sc(=NC(=O)C3COc4ccccc4O3)n(C)c12. The first-order valence-corrected chi connectivity index (χ1v) is 8.96. The fourth-order valence-corrected chi connectivity index (χ4v) is 4.19. The first kappa shape index (κ1) is 16.2. The van der Waals surface area contributed by atoms with Crippen LogP contribution < -0.4 is 14.3 Å². The summed E-state index contributed by atoms with van der Waals surface area (Å²) in [5.74, 6) is 0.828. The highest BCUT2D eigenvalue weighted by Gasteiger charge is 2.27. The zero-order valence-electron chi connectivity index (χ0n) is 13.7. The summed E-state index contributed by atoms with van der Waals surface area (Å²) in [7, 11) is 1.88. The van der Waals surface area contributed by atoms with Crippen LogP contribution in [0.4, 0.5) is 0 Å². The van der Waals surface area contributed by atoms with Crippen molar-refractivity contribution < 1.29 is 14.3 Å². The van der Waals surface area contributed by atoms with Gasteiger partial charge in [0.25, 0.3) is 5.91 Å². The van der Waals surface area contributed by atoms with E-state index < -0.39 is 6.10 Å². The topological polar surface area (TPSA) is 52.8 Å². The lowest BCUT2D eigenvalue weighted by Gasteiger charge is -2.23. The van der Waals surface area contributed by atoms with Crippen LogP contribution in [0.3, 0.4) is 0 Å². The molecular weight excluding hydrogens is 360 g/mol. The van der Waals surface area contributed by atoms with E-state index >= 15 is 0 Å². The Balaban J connectivity index is 1.71. The smallest absolute Gasteiger partial charge is 0.292 e. The number of rotatable bonds is 1. The summed E-state index contributed by atoms with van der Waals surface area (Å²) in [4.78, 5) is 17.4. The van der Waals surface area contributed by atoms with Crippen LogP contribution in [0.25, 0.3) is 10.2 Å². The van der Waals surface area contributed by atoms with Crippen LogP contribution in [-0.4, -0.2) is 23.2 Å². The van der Waals surface area contributed by atoms with Crippen molar-refractivity contribution >= 4 is 39.1 Å². The van der Waals surface area contributed by atoms with Gasteiger partial charge in [-0.1, -0.05) is 41.1 Å². The Morgan fingerprint density at radius 3 is 2.80 bits per heavy atom. The van der Waals surface area contributed by atoms with Crippen molar-refractivity contribution in [3.05, 3.63) is 51.8 Å². The first-order chi connectivity index (χ1) is 12.0. The summed E-state index contributed by atoms with van der Waals surface area (Å²) in [5.41, 5.74) is 2.06. The fraction of sp³-hybridized carbons (Fsp3) is 0.222. The number of amides is 1. The lowest BCUT2D eigenvalue weighted by atomic mass is 10.2. The molecule has 128 valence electrons. The van der Waals surface area contributed by atoms with E-state index in [-0.39, 0.29) is 12.5 Å². The molecule has 3 aromatic rings. The molecule has 4 rings (SSSR count). The lowest BCUT2D eigenvalue weighted by Crippen LogP contribution is -2.36. The molecule has 1 aromatic heterocycles. The Bertz CT molecular complexity index is 1050. The third-order valence-electron chi connectivity index (χ3n) is 4.09. The van der Waals surface area contributed by atoms with Crippen LogP contribution in [0.2, 0.25) is 5.02 Å².